The van der Waals surface area contributed by atoms with Gasteiger partial charge in [-0.15, -0.1) is 0 Å². The number of carbonyl (C=O) groups is 1. The van der Waals surface area contributed by atoms with E-state index in [1.165, 1.54) is 4.90 Å². The van der Waals surface area contributed by atoms with E-state index in [0.29, 0.717) is 13.1 Å². The first-order chi connectivity index (χ1) is 9.52. The summed E-state index contributed by atoms with van der Waals surface area (Å²) in [5.41, 5.74) is -0.355. The molecule has 0 atom stereocenters. The highest BCUT2D eigenvalue weighted by molar-refractivity contribution is 5.89. The van der Waals surface area contributed by atoms with Gasteiger partial charge in [0, 0.05) is 26.2 Å². The fourth-order valence-corrected chi connectivity index (χ4v) is 2.08. The number of urea groups is 1. The van der Waals surface area contributed by atoms with Gasteiger partial charge in [0.05, 0.1) is 5.69 Å². The summed E-state index contributed by atoms with van der Waals surface area (Å²) in [5.74, 6) is -4.25. The highest BCUT2D eigenvalue weighted by Crippen LogP contribution is 2.20. The van der Waals surface area contributed by atoms with Crippen molar-refractivity contribution in [2.45, 2.75) is 6.92 Å². The molecule has 7 heteroatoms. The number of anilines is 1. The standard InChI is InChI=1S/C13H16F3N3O/c1-2-18-5-7-19(8-6-18)13(20)17-10-4-3-9(14)11(15)12(10)16/h3-4H,2,5-8H2,1H3,(H,17,20). The quantitative estimate of drug-likeness (QED) is 0.847. The first-order valence-corrected chi connectivity index (χ1v) is 6.44. The predicted octanol–water partition coefficient (Wildman–Crippen LogP) is 2.27. The van der Waals surface area contributed by atoms with Crippen LogP contribution in [-0.2, 0) is 0 Å². The number of amides is 2. The minimum atomic E-state index is -1.58. The molecule has 1 aromatic rings. The zero-order chi connectivity index (χ0) is 14.7. The van der Waals surface area contributed by atoms with E-state index in [0.717, 1.165) is 31.8 Å². The van der Waals surface area contributed by atoms with Crippen LogP contribution in [0.3, 0.4) is 0 Å². The molecule has 1 saturated heterocycles. The number of piperazine rings is 1. The Balaban J connectivity index is 2.00. The van der Waals surface area contributed by atoms with E-state index in [1.807, 2.05) is 6.92 Å². The number of halogens is 3. The van der Waals surface area contributed by atoms with E-state index in [2.05, 4.69) is 10.2 Å². The third kappa shape index (κ3) is 3.04. The van der Waals surface area contributed by atoms with Gasteiger partial charge < -0.3 is 15.1 Å². The molecule has 0 aliphatic carbocycles. The minimum absolute atomic E-state index is 0.355. The van der Waals surface area contributed by atoms with Crippen molar-refractivity contribution < 1.29 is 18.0 Å². The molecule has 110 valence electrons. The van der Waals surface area contributed by atoms with Crippen LogP contribution in [0.15, 0.2) is 12.1 Å². The summed E-state index contributed by atoms with van der Waals surface area (Å²) in [7, 11) is 0. The Bertz CT molecular complexity index is 502. The molecule has 1 aliphatic rings. The van der Waals surface area contributed by atoms with Crippen LogP contribution < -0.4 is 5.32 Å². The molecule has 0 spiro atoms. The minimum Gasteiger partial charge on any atom is -0.322 e. The second-order valence-corrected chi connectivity index (χ2v) is 4.57. The summed E-state index contributed by atoms with van der Waals surface area (Å²) in [6.07, 6.45) is 0. The van der Waals surface area contributed by atoms with E-state index in [-0.39, 0.29) is 5.69 Å². The van der Waals surface area contributed by atoms with Crippen molar-refractivity contribution in [2.24, 2.45) is 0 Å². The van der Waals surface area contributed by atoms with Gasteiger partial charge in [0.2, 0.25) is 0 Å². The van der Waals surface area contributed by atoms with Crippen LogP contribution in [-0.4, -0.2) is 48.6 Å². The Labute approximate surface area is 115 Å². The van der Waals surface area contributed by atoms with Crippen LogP contribution in [0, 0.1) is 17.5 Å². The molecular weight excluding hydrogens is 271 g/mol. The largest absolute Gasteiger partial charge is 0.322 e. The number of carbonyl (C=O) groups excluding carboxylic acids is 1. The number of likely N-dealkylation sites (N-methyl/N-ethyl adjacent to an activating group) is 1. The van der Waals surface area contributed by atoms with Gasteiger partial charge in [-0.25, -0.2) is 18.0 Å². The van der Waals surface area contributed by atoms with Crippen molar-refractivity contribution in [3.63, 3.8) is 0 Å². The number of nitrogens with one attached hydrogen (secondary N) is 1. The number of nitrogens with zero attached hydrogens (tertiary/aromatic N) is 2. The molecule has 1 aliphatic heterocycles. The van der Waals surface area contributed by atoms with E-state index >= 15 is 0 Å². The summed E-state index contributed by atoms with van der Waals surface area (Å²) in [6, 6.07) is 1.28. The van der Waals surface area contributed by atoms with Gasteiger partial charge in [0.15, 0.2) is 17.5 Å². The van der Waals surface area contributed by atoms with Gasteiger partial charge in [-0.1, -0.05) is 6.92 Å². The molecule has 4 nitrogen and oxygen atoms in total. The number of hydrogen-bond donors (Lipinski definition) is 1. The molecule has 0 saturated carbocycles. The molecule has 20 heavy (non-hydrogen) atoms. The molecule has 1 N–H and O–H groups in total. The average Bonchev–Trinajstić information content (AvgIpc) is 2.48. The van der Waals surface area contributed by atoms with Crippen LogP contribution in [0.4, 0.5) is 23.7 Å². The fraction of sp³-hybridized carbons (Fsp3) is 0.462. The topological polar surface area (TPSA) is 35.6 Å². The predicted molar refractivity (Wildman–Crippen MR) is 69.0 cm³/mol. The van der Waals surface area contributed by atoms with Gasteiger partial charge in [-0.05, 0) is 18.7 Å². The van der Waals surface area contributed by atoms with Crippen LogP contribution >= 0.6 is 0 Å². The van der Waals surface area contributed by atoms with E-state index < -0.39 is 23.5 Å². The van der Waals surface area contributed by atoms with Crippen molar-refractivity contribution >= 4 is 11.7 Å². The zero-order valence-electron chi connectivity index (χ0n) is 11.1. The molecular formula is C13H16F3N3O. The lowest BCUT2D eigenvalue weighted by molar-refractivity contribution is 0.151. The van der Waals surface area contributed by atoms with Crippen molar-refractivity contribution in [3.8, 4) is 0 Å². The van der Waals surface area contributed by atoms with Gasteiger partial charge in [-0.2, -0.15) is 0 Å². The summed E-state index contributed by atoms with van der Waals surface area (Å²) < 4.78 is 39.3. The van der Waals surface area contributed by atoms with E-state index in [4.69, 9.17) is 0 Å². The average molecular weight is 287 g/mol. The lowest BCUT2D eigenvalue weighted by atomic mass is 10.2. The number of benzene rings is 1. The molecule has 1 fully saturated rings. The van der Waals surface area contributed by atoms with Crippen molar-refractivity contribution in [1.29, 1.82) is 0 Å². The molecule has 0 unspecified atom stereocenters. The third-order valence-corrected chi connectivity index (χ3v) is 3.38. The van der Waals surface area contributed by atoms with E-state index in [9.17, 15) is 18.0 Å². The molecule has 2 rings (SSSR count). The number of hydrogen-bond acceptors (Lipinski definition) is 2. The normalized spacial score (nSPS) is 16.3. The summed E-state index contributed by atoms with van der Waals surface area (Å²) >= 11 is 0. The lowest BCUT2D eigenvalue weighted by Gasteiger charge is -2.34. The maximum atomic E-state index is 13.5. The van der Waals surface area contributed by atoms with E-state index in [1.54, 1.807) is 0 Å². The van der Waals surface area contributed by atoms with Gasteiger partial charge in [0.25, 0.3) is 0 Å². The van der Waals surface area contributed by atoms with Crippen LogP contribution in [0.1, 0.15) is 6.92 Å². The summed E-state index contributed by atoms with van der Waals surface area (Å²) in [4.78, 5) is 15.6. The Hall–Kier alpha value is -1.76. The van der Waals surface area contributed by atoms with Gasteiger partial charge in [0.1, 0.15) is 0 Å². The first-order valence-electron chi connectivity index (χ1n) is 6.44. The second kappa shape index (κ2) is 6.13. The Morgan fingerprint density at radius 1 is 1.15 bits per heavy atom. The molecule has 1 aromatic carbocycles. The Kier molecular flexibility index (Phi) is 4.49. The Morgan fingerprint density at radius 2 is 1.80 bits per heavy atom. The van der Waals surface area contributed by atoms with Crippen LogP contribution in [0.5, 0.6) is 0 Å². The van der Waals surface area contributed by atoms with Crippen molar-refractivity contribution in [2.75, 3.05) is 38.0 Å². The SMILES string of the molecule is CCN1CCN(C(=O)Nc2ccc(F)c(F)c2F)CC1. The summed E-state index contributed by atoms with van der Waals surface area (Å²) in [5, 5.41) is 2.27. The molecule has 1 heterocycles. The van der Waals surface area contributed by atoms with Crippen molar-refractivity contribution in [3.05, 3.63) is 29.6 Å². The fourth-order valence-electron chi connectivity index (χ4n) is 2.08. The van der Waals surface area contributed by atoms with Gasteiger partial charge in [-0.3, -0.25) is 0 Å². The maximum Gasteiger partial charge on any atom is 0.322 e. The molecule has 0 aromatic heterocycles. The highest BCUT2D eigenvalue weighted by Gasteiger charge is 2.22. The molecule has 0 radical (unpaired) electrons. The second-order valence-electron chi connectivity index (χ2n) is 4.57. The van der Waals surface area contributed by atoms with Crippen LogP contribution in [0.2, 0.25) is 0 Å². The maximum absolute atomic E-state index is 13.5. The summed E-state index contributed by atoms with van der Waals surface area (Å²) in [6.45, 7) is 5.46. The lowest BCUT2D eigenvalue weighted by Crippen LogP contribution is -2.49. The monoisotopic (exact) mass is 287 g/mol. The number of rotatable bonds is 2. The molecule has 2 amide bonds. The highest BCUT2D eigenvalue weighted by atomic mass is 19.2. The molecule has 0 bridgehead atoms. The van der Waals surface area contributed by atoms with Crippen molar-refractivity contribution in [1.82, 2.24) is 9.80 Å². The first kappa shape index (κ1) is 14.6. The zero-order valence-corrected chi connectivity index (χ0v) is 11.1. The third-order valence-electron chi connectivity index (χ3n) is 3.38. The van der Waals surface area contributed by atoms with Gasteiger partial charge >= 0.3 is 6.03 Å². The Morgan fingerprint density at radius 3 is 2.40 bits per heavy atom. The van der Waals surface area contributed by atoms with Crippen LogP contribution in [0.25, 0.3) is 0 Å². The smallest absolute Gasteiger partial charge is 0.322 e.